The molecule has 0 aromatic heterocycles. The molecule has 0 aliphatic rings. The van der Waals surface area contributed by atoms with Crippen molar-refractivity contribution in [1.29, 1.82) is 0 Å². The summed E-state index contributed by atoms with van der Waals surface area (Å²) in [4.78, 5) is 0. The zero-order chi connectivity index (χ0) is 8.81. The van der Waals surface area contributed by atoms with Crippen LogP contribution in [0.5, 0.6) is 0 Å². The van der Waals surface area contributed by atoms with Crippen LogP contribution in [0.2, 0.25) is 4.47 Å². The van der Waals surface area contributed by atoms with Gasteiger partial charge >= 0.3 is 92.7 Å². The second kappa shape index (κ2) is 5.80. The van der Waals surface area contributed by atoms with Crippen LogP contribution in [0.15, 0.2) is 34.5 Å². The molecule has 0 aliphatic heterocycles. The van der Waals surface area contributed by atoms with E-state index in [9.17, 15) is 0 Å². The van der Waals surface area contributed by atoms with Crippen LogP contribution in [0.1, 0.15) is 12.5 Å². The van der Waals surface area contributed by atoms with Gasteiger partial charge in [-0.05, 0) is 0 Å². The molecule has 1 aromatic rings. The van der Waals surface area contributed by atoms with E-state index in [1.807, 2.05) is 6.07 Å². The molecular weight excluding hydrogens is 328 g/mol. The zero-order valence-electron chi connectivity index (χ0n) is 6.96. The van der Waals surface area contributed by atoms with Crippen LogP contribution < -0.4 is 0 Å². The number of rotatable bonds is 3. The Bertz CT molecular complexity index is 254. The molecule has 0 amide bonds. The summed E-state index contributed by atoms with van der Waals surface area (Å²) in [6.07, 6.45) is 0. The fraction of sp³-hybridized carbons (Fsp3) is 0.200. The first-order chi connectivity index (χ1) is 5.84. The first-order valence-electron chi connectivity index (χ1n) is 3.87. The molecule has 0 N–H and O–H groups in total. The molecule has 0 radical (unpaired) electrons. The molecule has 0 atom stereocenters. The maximum atomic E-state index is 3.58. The molecule has 0 spiro atoms. The van der Waals surface area contributed by atoms with Crippen molar-refractivity contribution < 1.29 is 0 Å². The summed E-state index contributed by atoms with van der Waals surface area (Å²) in [6, 6.07) is 10.4. The molecule has 1 aromatic carbocycles. The van der Waals surface area contributed by atoms with Gasteiger partial charge in [0.05, 0.1) is 0 Å². The molecule has 0 fully saturated rings. The van der Waals surface area contributed by atoms with Crippen molar-refractivity contribution in [2.75, 3.05) is 0 Å². The van der Waals surface area contributed by atoms with Crippen molar-refractivity contribution in [3.8, 4) is 0 Å². The van der Waals surface area contributed by atoms with Gasteiger partial charge < -0.3 is 0 Å². The van der Waals surface area contributed by atoms with Crippen molar-refractivity contribution in [3.05, 3.63) is 40.0 Å². The maximum absolute atomic E-state index is 3.58. The Balaban J connectivity index is 2.71. The number of hydrogen-bond acceptors (Lipinski definition) is 0. The Labute approximate surface area is 92.3 Å². The van der Waals surface area contributed by atoms with Gasteiger partial charge in [0.25, 0.3) is 0 Å². The molecule has 0 saturated heterocycles. The van der Waals surface area contributed by atoms with Crippen LogP contribution in [0.3, 0.4) is 0 Å². The van der Waals surface area contributed by atoms with Crippen LogP contribution in [0, 0.1) is 0 Å². The minimum absolute atomic E-state index is 0.0927. The van der Waals surface area contributed by atoms with Gasteiger partial charge in [0.15, 0.2) is 0 Å². The summed E-state index contributed by atoms with van der Waals surface area (Å²) < 4.78 is 4.93. The number of hydrogen-bond donors (Lipinski definition) is 0. The Morgan fingerprint density at radius 2 is 2.08 bits per heavy atom. The van der Waals surface area contributed by atoms with Crippen LogP contribution in [-0.2, 0) is 0 Å². The monoisotopic (exact) mass is 340 g/mol. The average molecular weight is 339 g/mol. The summed E-state index contributed by atoms with van der Waals surface area (Å²) in [5, 5.41) is 0. The molecule has 0 saturated carbocycles. The van der Waals surface area contributed by atoms with Crippen molar-refractivity contribution in [3.63, 3.8) is 0 Å². The summed E-state index contributed by atoms with van der Waals surface area (Å²) in [7, 11) is 0. The van der Waals surface area contributed by atoms with E-state index in [1.165, 1.54) is 14.5 Å². The third-order valence-corrected chi connectivity index (χ3v) is 5.13. The first kappa shape index (κ1) is 10.3. The van der Waals surface area contributed by atoms with Crippen LogP contribution in [0.4, 0.5) is 0 Å². The Hall–Kier alpha value is 0.230. The van der Waals surface area contributed by atoms with E-state index in [0.29, 0.717) is 0 Å². The predicted molar refractivity (Wildman–Crippen MR) is 59.6 cm³/mol. The molecule has 64 valence electrons. The average Bonchev–Trinajstić information content (AvgIpc) is 2.15. The summed E-state index contributed by atoms with van der Waals surface area (Å²) in [5.74, 6) is 0. The van der Waals surface area contributed by atoms with Crippen molar-refractivity contribution in [2.45, 2.75) is 11.4 Å². The second-order valence-corrected chi connectivity index (χ2v) is 6.41. The van der Waals surface area contributed by atoms with Gasteiger partial charge in [-0.15, -0.1) is 0 Å². The van der Waals surface area contributed by atoms with Crippen LogP contribution in [0.25, 0.3) is 4.48 Å². The Morgan fingerprint density at radius 1 is 1.42 bits per heavy atom. The molecular formula is C10H11BrTe. The van der Waals surface area contributed by atoms with E-state index in [2.05, 4.69) is 51.2 Å². The third-order valence-electron chi connectivity index (χ3n) is 1.40. The molecule has 0 unspecified atom stereocenters. The Morgan fingerprint density at radius 3 is 2.67 bits per heavy atom. The minimum atomic E-state index is 0.0927. The fourth-order valence-electron chi connectivity index (χ4n) is 0.822. The van der Waals surface area contributed by atoms with Gasteiger partial charge in [-0.1, -0.05) is 0 Å². The normalized spacial score (nSPS) is 11.7. The molecule has 12 heavy (non-hydrogen) atoms. The molecule has 0 bridgehead atoms. The zero-order valence-corrected chi connectivity index (χ0v) is 10.9. The van der Waals surface area contributed by atoms with E-state index in [1.54, 1.807) is 0 Å². The van der Waals surface area contributed by atoms with Crippen LogP contribution in [-0.4, -0.2) is 20.9 Å². The van der Waals surface area contributed by atoms with E-state index in [-0.39, 0.29) is 20.9 Å². The topological polar surface area (TPSA) is 0 Å². The van der Waals surface area contributed by atoms with E-state index >= 15 is 0 Å². The van der Waals surface area contributed by atoms with Gasteiger partial charge in [-0.3, -0.25) is 0 Å². The molecule has 1 rings (SSSR count). The predicted octanol–water partition coefficient (Wildman–Crippen LogP) is 3.52. The summed E-state index contributed by atoms with van der Waals surface area (Å²) in [5.41, 5.74) is 1.29. The van der Waals surface area contributed by atoms with Gasteiger partial charge in [0.1, 0.15) is 0 Å². The number of halogens is 1. The number of benzene rings is 1. The fourth-order valence-corrected chi connectivity index (χ4v) is 3.25. The van der Waals surface area contributed by atoms with Gasteiger partial charge in [0.2, 0.25) is 0 Å². The first-order valence-corrected chi connectivity index (χ1v) is 7.66. The molecule has 0 aliphatic carbocycles. The third kappa shape index (κ3) is 3.31. The van der Waals surface area contributed by atoms with Crippen LogP contribution >= 0.6 is 15.9 Å². The summed E-state index contributed by atoms with van der Waals surface area (Å²) >= 11 is 3.67. The van der Waals surface area contributed by atoms with E-state index < -0.39 is 0 Å². The quantitative estimate of drug-likeness (QED) is 0.740. The molecule has 2 heteroatoms. The second-order valence-electron chi connectivity index (χ2n) is 2.29. The van der Waals surface area contributed by atoms with Gasteiger partial charge in [-0.25, -0.2) is 0 Å². The Kier molecular flexibility index (Phi) is 4.99. The van der Waals surface area contributed by atoms with Crippen molar-refractivity contribution >= 4 is 41.3 Å². The van der Waals surface area contributed by atoms with E-state index in [4.69, 9.17) is 0 Å². The standard InChI is InChI=1S/C10H11BrTe/c1-2-12-8-10(11)9-6-4-3-5-7-9/h3-8H,2H2,1H3/b10-8-. The van der Waals surface area contributed by atoms with Gasteiger partial charge in [-0.2, -0.15) is 0 Å². The van der Waals surface area contributed by atoms with Gasteiger partial charge in [0, 0.05) is 0 Å². The van der Waals surface area contributed by atoms with E-state index in [0.717, 1.165) is 0 Å². The van der Waals surface area contributed by atoms with Crippen molar-refractivity contribution in [2.24, 2.45) is 0 Å². The SMILES string of the molecule is CC[Te]/C=C(\Br)c1ccccc1. The van der Waals surface area contributed by atoms with Crippen molar-refractivity contribution in [1.82, 2.24) is 0 Å². The summed E-state index contributed by atoms with van der Waals surface area (Å²) in [6.45, 7) is 2.24. The molecule has 0 heterocycles. The molecule has 0 nitrogen and oxygen atoms in total.